The van der Waals surface area contributed by atoms with Gasteiger partial charge in [-0.2, -0.15) is 8.42 Å². The van der Waals surface area contributed by atoms with Crippen LogP contribution < -0.4 is 6.15 Å². The molecule has 0 saturated carbocycles. The Morgan fingerprint density at radius 2 is 1.91 bits per heavy atom. The molecule has 0 aliphatic heterocycles. The smallest absolute Gasteiger partial charge is 0.379 e. The zero-order chi connectivity index (χ0) is 8.04. The van der Waals surface area contributed by atoms with Crippen molar-refractivity contribution in [3.8, 4) is 0 Å². The number of hydrogen-bond donors (Lipinski definition) is 2. The Balaban J connectivity index is 0. The molecule has 0 aromatic carbocycles. The molecule has 0 aromatic rings. The summed E-state index contributed by atoms with van der Waals surface area (Å²) in [5, 5.41) is 0. The lowest BCUT2D eigenvalue weighted by atomic mass is 10.8. The Bertz CT molecular complexity index is 165. The number of ether oxygens (including phenoxy) is 1. The second kappa shape index (κ2) is 6.50. The standard InChI is InChI=1S/C4H10O5S.H3N/c1-2-8-3-4-9-10(5,6)7;/h2-4H2,1H3,(H,5,6,7);1H3. The van der Waals surface area contributed by atoms with Gasteiger partial charge in [0.05, 0.1) is 13.2 Å². The lowest BCUT2D eigenvalue weighted by molar-refractivity contribution is 0.107. The highest BCUT2D eigenvalue weighted by molar-refractivity contribution is 7.80. The van der Waals surface area contributed by atoms with Crippen LogP contribution in [-0.4, -0.2) is 32.8 Å². The summed E-state index contributed by atoms with van der Waals surface area (Å²) >= 11 is 0. The van der Waals surface area contributed by atoms with Crippen molar-refractivity contribution in [2.45, 2.75) is 6.92 Å². The molecule has 7 heteroatoms. The van der Waals surface area contributed by atoms with Gasteiger partial charge < -0.3 is 10.9 Å². The van der Waals surface area contributed by atoms with Crippen molar-refractivity contribution in [3.63, 3.8) is 0 Å². The van der Waals surface area contributed by atoms with E-state index in [2.05, 4.69) is 4.18 Å². The van der Waals surface area contributed by atoms with E-state index in [1.165, 1.54) is 0 Å². The van der Waals surface area contributed by atoms with Gasteiger partial charge in [0.1, 0.15) is 0 Å². The van der Waals surface area contributed by atoms with E-state index in [0.29, 0.717) is 6.61 Å². The summed E-state index contributed by atoms with van der Waals surface area (Å²) in [6.07, 6.45) is 0. The number of hydrogen-bond acceptors (Lipinski definition) is 5. The maximum Gasteiger partial charge on any atom is 0.397 e. The van der Waals surface area contributed by atoms with Crippen LogP contribution in [-0.2, 0) is 19.3 Å². The Morgan fingerprint density at radius 3 is 2.27 bits per heavy atom. The van der Waals surface area contributed by atoms with E-state index in [9.17, 15) is 8.42 Å². The summed E-state index contributed by atoms with van der Waals surface area (Å²) < 4.78 is 36.4. The van der Waals surface area contributed by atoms with E-state index in [1.807, 2.05) is 0 Å². The van der Waals surface area contributed by atoms with Gasteiger partial charge >= 0.3 is 10.4 Å². The lowest BCUT2D eigenvalue weighted by Gasteiger charge is -1.98. The van der Waals surface area contributed by atoms with Crippen molar-refractivity contribution in [1.82, 2.24) is 6.15 Å². The molecular weight excluding hydrogens is 174 g/mol. The van der Waals surface area contributed by atoms with Crippen LogP contribution in [0, 0.1) is 0 Å². The highest BCUT2D eigenvalue weighted by Crippen LogP contribution is 1.85. The van der Waals surface area contributed by atoms with E-state index in [1.54, 1.807) is 6.92 Å². The van der Waals surface area contributed by atoms with Crippen LogP contribution in [0.2, 0.25) is 0 Å². The van der Waals surface area contributed by atoms with E-state index in [4.69, 9.17) is 9.29 Å². The molecule has 0 amide bonds. The molecule has 4 N–H and O–H groups in total. The fraction of sp³-hybridized carbons (Fsp3) is 1.00. The first-order chi connectivity index (χ1) is 4.56. The van der Waals surface area contributed by atoms with Crippen molar-refractivity contribution in [2.75, 3.05) is 19.8 Å². The topological polar surface area (TPSA) is 108 Å². The molecule has 0 fully saturated rings. The van der Waals surface area contributed by atoms with Gasteiger partial charge in [-0.3, -0.25) is 4.55 Å². The minimum atomic E-state index is -4.28. The zero-order valence-electron chi connectivity index (χ0n) is 6.32. The summed E-state index contributed by atoms with van der Waals surface area (Å²) in [5.74, 6) is 0. The summed E-state index contributed by atoms with van der Waals surface area (Å²) in [5.41, 5.74) is 0. The zero-order valence-corrected chi connectivity index (χ0v) is 7.13. The van der Waals surface area contributed by atoms with E-state index in [0.717, 1.165) is 0 Å². The van der Waals surface area contributed by atoms with Crippen LogP contribution in [0.1, 0.15) is 6.92 Å². The molecule has 0 bridgehead atoms. The van der Waals surface area contributed by atoms with Gasteiger partial charge in [0, 0.05) is 6.61 Å². The SMILES string of the molecule is CCOCCOS(=O)(=O)O.N. The molecule has 0 heterocycles. The summed E-state index contributed by atoms with van der Waals surface area (Å²) in [7, 11) is -4.28. The van der Waals surface area contributed by atoms with Crippen LogP contribution in [0.5, 0.6) is 0 Å². The van der Waals surface area contributed by atoms with Gasteiger partial charge in [0.2, 0.25) is 0 Å². The van der Waals surface area contributed by atoms with E-state index < -0.39 is 10.4 Å². The molecule has 0 atom stereocenters. The molecule has 6 nitrogen and oxygen atoms in total. The Kier molecular flexibility index (Phi) is 7.91. The van der Waals surface area contributed by atoms with Gasteiger partial charge in [-0.05, 0) is 6.92 Å². The highest BCUT2D eigenvalue weighted by Gasteiger charge is 2.01. The Hall–Kier alpha value is -0.210. The largest absolute Gasteiger partial charge is 0.397 e. The van der Waals surface area contributed by atoms with Gasteiger partial charge in [-0.1, -0.05) is 0 Å². The average Bonchev–Trinajstić information content (AvgIpc) is 1.78. The summed E-state index contributed by atoms with van der Waals surface area (Å²) in [4.78, 5) is 0. The van der Waals surface area contributed by atoms with E-state index >= 15 is 0 Å². The molecule has 0 aromatic heterocycles. The van der Waals surface area contributed by atoms with Crippen LogP contribution in [0.4, 0.5) is 0 Å². The average molecular weight is 187 g/mol. The predicted octanol–water partition coefficient (Wildman–Crippen LogP) is 0.00430. The lowest BCUT2D eigenvalue weighted by Crippen LogP contribution is -2.09. The van der Waals surface area contributed by atoms with Crippen molar-refractivity contribution in [2.24, 2.45) is 0 Å². The first-order valence-electron chi connectivity index (χ1n) is 2.76. The third kappa shape index (κ3) is 12.9. The third-order valence-corrected chi connectivity index (χ3v) is 1.13. The molecule has 0 rings (SSSR count). The molecule has 0 aliphatic carbocycles. The van der Waals surface area contributed by atoms with Crippen LogP contribution in [0.15, 0.2) is 0 Å². The van der Waals surface area contributed by atoms with Crippen molar-refractivity contribution in [3.05, 3.63) is 0 Å². The third-order valence-electron chi connectivity index (χ3n) is 0.664. The Morgan fingerprint density at radius 1 is 1.36 bits per heavy atom. The minimum Gasteiger partial charge on any atom is -0.379 e. The van der Waals surface area contributed by atoms with Crippen molar-refractivity contribution >= 4 is 10.4 Å². The molecular formula is C4H13NO5S. The normalized spacial score (nSPS) is 10.7. The van der Waals surface area contributed by atoms with Gasteiger partial charge in [0.25, 0.3) is 0 Å². The van der Waals surface area contributed by atoms with Gasteiger partial charge in [-0.25, -0.2) is 4.18 Å². The highest BCUT2D eigenvalue weighted by atomic mass is 32.3. The predicted molar refractivity (Wildman–Crippen MR) is 39.0 cm³/mol. The van der Waals surface area contributed by atoms with Gasteiger partial charge in [-0.15, -0.1) is 0 Å². The molecule has 0 unspecified atom stereocenters. The first-order valence-corrected chi connectivity index (χ1v) is 4.12. The maximum absolute atomic E-state index is 9.87. The molecule has 0 aliphatic rings. The fourth-order valence-electron chi connectivity index (χ4n) is 0.343. The first kappa shape index (κ1) is 13.4. The summed E-state index contributed by atoms with van der Waals surface area (Å²) in [6.45, 7) is 2.28. The molecule has 0 spiro atoms. The number of rotatable bonds is 5. The maximum atomic E-state index is 9.87. The van der Waals surface area contributed by atoms with E-state index in [-0.39, 0.29) is 19.4 Å². The van der Waals surface area contributed by atoms with Crippen molar-refractivity contribution < 1.29 is 21.9 Å². The van der Waals surface area contributed by atoms with Crippen LogP contribution in [0.3, 0.4) is 0 Å². The second-order valence-corrected chi connectivity index (χ2v) is 2.54. The van der Waals surface area contributed by atoms with Crippen LogP contribution in [0.25, 0.3) is 0 Å². The van der Waals surface area contributed by atoms with Crippen molar-refractivity contribution in [1.29, 1.82) is 0 Å². The van der Waals surface area contributed by atoms with Gasteiger partial charge in [0.15, 0.2) is 0 Å². The minimum absolute atomic E-state index is 0. The fourth-order valence-corrected chi connectivity index (χ4v) is 0.621. The quantitative estimate of drug-likeness (QED) is 0.463. The van der Waals surface area contributed by atoms with Crippen LogP contribution >= 0.6 is 0 Å². The monoisotopic (exact) mass is 187 g/mol. The molecule has 0 saturated heterocycles. The second-order valence-electron chi connectivity index (χ2n) is 1.45. The Labute approximate surface area is 66.0 Å². The molecule has 0 radical (unpaired) electrons. The molecule has 70 valence electrons. The summed E-state index contributed by atoms with van der Waals surface area (Å²) in [6, 6.07) is 0. The molecule has 11 heavy (non-hydrogen) atoms.